The molecule has 4 heteroatoms. The van der Waals surface area contributed by atoms with Crippen molar-refractivity contribution in [1.29, 1.82) is 0 Å². The Hall–Kier alpha value is -6.78. The first-order valence-electron chi connectivity index (χ1n) is 27.7. The van der Waals surface area contributed by atoms with Crippen molar-refractivity contribution in [2.75, 3.05) is 9.80 Å². The van der Waals surface area contributed by atoms with E-state index in [2.05, 4.69) is 248 Å². The SMILES string of the molecule is CC(C)(C)c1ccc(-c2cc3c4c(c2)N(C25CC6CC(CC(C6)C2)C5)c2ccc(-c5ccccc5)cc2B4c2cc(N(c4ccc(C(C)(C)C)cc4)c4ccc(C(C)(C)C)cc4)cc(-c4ccccc4)c2O3)cc1. The zero-order valence-electron chi connectivity index (χ0n) is 45.1. The Kier molecular flexibility index (Phi) is 10.9. The van der Waals surface area contributed by atoms with Crippen LogP contribution in [0, 0.1) is 17.8 Å². The minimum absolute atomic E-state index is 0.0270. The van der Waals surface area contributed by atoms with Crippen molar-refractivity contribution in [2.24, 2.45) is 17.8 Å². The Morgan fingerprint density at radius 1 is 0.446 bits per heavy atom. The molecule has 0 aromatic heterocycles. The molecule has 4 aliphatic carbocycles. The number of ether oxygens (including phenoxy) is 1. The van der Waals surface area contributed by atoms with Crippen LogP contribution in [0.4, 0.5) is 28.4 Å². The third kappa shape index (κ3) is 8.01. The Labute approximate surface area is 441 Å². The van der Waals surface area contributed by atoms with E-state index >= 15 is 0 Å². The molecule has 0 N–H and O–H groups in total. The van der Waals surface area contributed by atoms with Crippen LogP contribution in [-0.4, -0.2) is 12.3 Å². The predicted molar refractivity (Wildman–Crippen MR) is 314 cm³/mol. The molecule has 0 radical (unpaired) electrons. The van der Waals surface area contributed by atoms with E-state index in [1.807, 2.05) is 0 Å². The van der Waals surface area contributed by atoms with Crippen molar-refractivity contribution < 1.29 is 4.74 Å². The minimum Gasteiger partial charge on any atom is -0.458 e. The molecular formula is C70H71BN2O. The van der Waals surface area contributed by atoms with E-state index in [0.717, 1.165) is 57.4 Å². The molecule has 0 atom stereocenters. The molecule has 4 saturated carbocycles. The first-order chi connectivity index (χ1) is 35.5. The predicted octanol–water partition coefficient (Wildman–Crippen LogP) is 17.1. The third-order valence-electron chi connectivity index (χ3n) is 17.9. The summed E-state index contributed by atoms with van der Waals surface area (Å²) in [4.78, 5) is 5.40. The molecular weight excluding hydrogens is 896 g/mol. The molecule has 74 heavy (non-hydrogen) atoms. The number of benzene rings is 8. The lowest BCUT2D eigenvalue weighted by Crippen LogP contribution is -2.66. The zero-order chi connectivity index (χ0) is 50.9. The smallest absolute Gasteiger partial charge is 0.256 e. The molecule has 4 fully saturated rings. The van der Waals surface area contributed by atoms with Crippen LogP contribution in [0.5, 0.6) is 11.5 Å². The molecule has 0 amide bonds. The highest BCUT2D eigenvalue weighted by molar-refractivity contribution is 6.99. The maximum absolute atomic E-state index is 7.75. The van der Waals surface area contributed by atoms with Gasteiger partial charge in [-0.2, -0.15) is 0 Å². The molecule has 370 valence electrons. The first-order valence-corrected chi connectivity index (χ1v) is 27.7. The van der Waals surface area contributed by atoms with Gasteiger partial charge in [0.25, 0.3) is 6.71 Å². The minimum atomic E-state index is -0.0966. The number of nitrogens with zero attached hydrogens (tertiary/aromatic N) is 2. The van der Waals surface area contributed by atoms with E-state index < -0.39 is 0 Å². The maximum atomic E-state index is 7.75. The van der Waals surface area contributed by atoms with E-state index in [0.29, 0.717) is 0 Å². The average molecular weight is 967 g/mol. The van der Waals surface area contributed by atoms with Gasteiger partial charge in [-0.25, -0.2) is 0 Å². The van der Waals surface area contributed by atoms with Gasteiger partial charge in [0.05, 0.1) is 0 Å². The quantitative estimate of drug-likeness (QED) is 0.148. The van der Waals surface area contributed by atoms with Crippen LogP contribution in [0.15, 0.2) is 176 Å². The summed E-state index contributed by atoms with van der Waals surface area (Å²) in [6, 6.07) is 67.3. The normalized spacial score (nSPS) is 20.4. The summed E-state index contributed by atoms with van der Waals surface area (Å²) >= 11 is 0. The van der Waals surface area contributed by atoms with Crippen LogP contribution in [-0.2, 0) is 16.2 Å². The largest absolute Gasteiger partial charge is 0.458 e. The highest BCUT2D eigenvalue weighted by Gasteiger charge is 2.57. The third-order valence-corrected chi connectivity index (χ3v) is 17.9. The number of hydrogen-bond donors (Lipinski definition) is 0. The van der Waals surface area contributed by atoms with E-state index in [-0.39, 0.29) is 28.5 Å². The number of anilines is 5. The van der Waals surface area contributed by atoms with Gasteiger partial charge in [-0.1, -0.05) is 184 Å². The lowest BCUT2D eigenvalue weighted by atomic mass is 9.33. The molecule has 4 bridgehead atoms. The van der Waals surface area contributed by atoms with Crippen LogP contribution < -0.4 is 30.9 Å². The van der Waals surface area contributed by atoms with Gasteiger partial charge in [-0.15, -0.1) is 0 Å². The Balaban J connectivity index is 1.09. The van der Waals surface area contributed by atoms with E-state index in [1.54, 1.807) is 0 Å². The van der Waals surface area contributed by atoms with Gasteiger partial charge in [0, 0.05) is 39.5 Å². The standard InChI is InChI=1S/C70H71BN2O/c1-67(2,3)53-23-20-49(21-24-53)52-38-63-65-64(39-52)74-66-59(50-18-14-11-15-19-50)40-58(72(56-29-25-54(26-30-56)68(4,5)6)57-31-27-55(28-32-57)69(7,8)9)41-61(66)71(65)60-37-51(48-16-12-10-13-17-48)22-33-62(60)73(63)70-42-45-34-46(43-70)36-47(35-45)44-70/h10-33,37-41,45-47H,34-36,42-44H2,1-9H3. The first kappa shape index (κ1) is 47.0. The van der Waals surface area contributed by atoms with Crippen LogP contribution in [0.3, 0.4) is 0 Å². The molecule has 0 saturated heterocycles. The Bertz CT molecular complexity index is 3330. The highest BCUT2D eigenvalue weighted by Crippen LogP contribution is 2.61. The van der Waals surface area contributed by atoms with Crippen LogP contribution in [0.1, 0.15) is 118 Å². The summed E-state index contributed by atoms with van der Waals surface area (Å²) in [5.74, 6) is 4.25. The monoisotopic (exact) mass is 967 g/mol. The maximum Gasteiger partial charge on any atom is 0.256 e. The van der Waals surface area contributed by atoms with Crippen LogP contribution in [0.25, 0.3) is 33.4 Å². The van der Waals surface area contributed by atoms with Crippen LogP contribution in [0.2, 0.25) is 0 Å². The van der Waals surface area contributed by atoms with Crippen molar-refractivity contribution in [3.8, 4) is 44.9 Å². The van der Waals surface area contributed by atoms with Crippen molar-refractivity contribution >= 4 is 51.5 Å². The molecule has 6 aliphatic rings. The second-order valence-corrected chi connectivity index (χ2v) is 26.1. The number of hydrogen-bond acceptors (Lipinski definition) is 3. The number of fused-ring (bicyclic) bond motifs is 4. The molecule has 0 unspecified atom stereocenters. The Morgan fingerprint density at radius 2 is 0.932 bits per heavy atom. The molecule has 14 rings (SSSR count). The summed E-state index contributed by atoms with van der Waals surface area (Å²) in [5.41, 5.74) is 21.2. The fourth-order valence-electron chi connectivity index (χ4n) is 14.5. The molecule has 3 nitrogen and oxygen atoms in total. The van der Waals surface area contributed by atoms with Gasteiger partial charge in [0.2, 0.25) is 0 Å². The van der Waals surface area contributed by atoms with Crippen molar-refractivity contribution in [2.45, 2.75) is 123 Å². The van der Waals surface area contributed by atoms with E-state index in [9.17, 15) is 0 Å². The summed E-state index contributed by atoms with van der Waals surface area (Å²) in [7, 11) is 0. The van der Waals surface area contributed by atoms with Gasteiger partial charge in [-0.05, 0) is 188 Å². The van der Waals surface area contributed by atoms with Crippen molar-refractivity contribution in [3.05, 3.63) is 193 Å². The zero-order valence-corrected chi connectivity index (χ0v) is 45.1. The second kappa shape index (κ2) is 17.1. The van der Waals surface area contributed by atoms with Crippen molar-refractivity contribution in [1.82, 2.24) is 0 Å². The highest BCUT2D eigenvalue weighted by atomic mass is 16.5. The van der Waals surface area contributed by atoms with Crippen molar-refractivity contribution in [3.63, 3.8) is 0 Å². The fourth-order valence-corrected chi connectivity index (χ4v) is 14.5. The molecule has 2 aliphatic heterocycles. The molecule has 2 heterocycles. The van der Waals surface area contributed by atoms with Crippen LogP contribution >= 0.6 is 0 Å². The average Bonchev–Trinajstić information content (AvgIpc) is 3.41. The summed E-state index contributed by atoms with van der Waals surface area (Å²) in [6.07, 6.45) is 7.93. The molecule has 8 aromatic rings. The lowest BCUT2D eigenvalue weighted by Gasteiger charge is -2.62. The van der Waals surface area contributed by atoms with Gasteiger partial charge in [0.15, 0.2) is 0 Å². The van der Waals surface area contributed by atoms with E-state index in [1.165, 1.54) is 105 Å². The fraction of sp³-hybridized carbons (Fsp3) is 0.314. The lowest BCUT2D eigenvalue weighted by molar-refractivity contribution is 0.000631. The number of rotatable bonds is 7. The summed E-state index contributed by atoms with van der Waals surface area (Å²) < 4.78 is 7.75. The molecule has 8 aromatic carbocycles. The van der Waals surface area contributed by atoms with Gasteiger partial charge in [0.1, 0.15) is 11.5 Å². The van der Waals surface area contributed by atoms with Gasteiger partial charge < -0.3 is 14.5 Å². The second-order valence-electron chi connectivity index (χ2n) is 26.1. The summed E-state index contributed by atoms with van der Waals surface area (Å²) in [5, 5.41) is 0. The topological polar surface area (TPSA) is 15.7 Å². The Morgan fingerprint density at radius 3 is 1.46 bits per heavy atom. The van der Waals surface area contributed by atoms with Gasteiger partial charge in [-0.3, -0.25) is 0 Å². The summed E-state index contributed by atoms with van der Waals surface area (Å²) in [6.45, 7) is 20.6. The van der Waals surface area contributed by atoms with Gasteiger partial charge >= 0.3 is 0 Å². The molecule has 0 spiro atoms. The van der Waals surface area contributed by atoms with E-state index in [4.69, 9.17) is 4.74 Å².